The third kappa shape index (κ3) is 1.88. The molecule has 0 bridgehead atoms. The molecular weight excluding hydrogens is 192 g/mol. The number of aromatic nitrogens is 6. The van der Waals surface area contributed by atoms with E-state index in [2.05, 4.69) is 10.4 Å². The van der Waals surface area contributed by atoms with Crippen molar-refractivity contribution < 1.29 is 9.36 Å². The first-order chi connectivity index (χ1) is 7.06. The summed E-state index contributed by atoms with van der Waals surface area (Å²) in [4.78, 5) is 0. The van der Waals surface area contributed by atoms with Gasteiger partial charge in [0.05, 0.1) is 16.8 Å². The number of hydrogen-bond donors (Lipinski definition) is 0. The van der Waals surface area contributed by atoms with E-state index in [1.807, 2.05) is 59.3 Å². The largest absolute Gasteiger partial charge is 0.175 e. The van der Waals surface area contributed by atoms with E-state index in [9.17, 15) is 0 Å². The molecule has 0 aliphatic carbocycles. The van der Waals surface area contributed by atoms with Crippen LogP contribution in [0.15, 0.2) is 12.4 Å². The lowest BCUT2D eigenvalue weighted by molar-refractivity contribution is -0.732. The molecule has 15 heavy (non-hydrogen) atoms. The Morgan fingerprint density at radius 3 is 1.67 bits per heavy atom. The molecule has 0 aliphatic heterocycles. The highest BCUT2D eigenvalue weighted by atomic mass is 15.5. The summed E-state index contributed by atoms with van der Waals surface area (Å²) < 4.78 is 7.39. The van der Waals surface area contributed by atoms with E-state index in [4.69, 9.17) is 0 Å². The topological polar surface area (TPSA) is 43.4 Å². The van der Waals surface area contributed by atoms with E-state index in [1.165, 1.54) is 11.4 Å². The molecule has 6 nitrogen and oxygen atoms in total. The van der Waals surface area contributed by atoms with Crippen LogP contribution in [0.5, 0.6) is 0 Å². The number of rotatable bonds is 2. The molecule has 80 valence electrons. The van der Waals surface area contributed by atoms with Gasteiger partial charge in [-0.05, 0) is 0 Å². The summed E-state index contributed by atoms with van der Waals surface area (Å²) in [6, 6.07) is 0. The predicted octanol–water partition coefficient (Wildman–Crippen LogP) is -1.61. The highest BCUT2D eigenvalue weighted by molar-refractivity contribution is 5.05. The van der Waals surface area contributed by atoms with E-state index in [1.54, 1.807) is 0 Å². The monoisotopic (exact) mass is 208 g/mol. The summed E-state index contributed by atoms with van der Waals surface area (Å²) in [6.07, 6.45) is 4.88. The van der Waals surface area contributed by atoms with E-state index in [-0.39, 0.29) is 0 Å². The minimum absolute atomic E-state index is 0.842. The third-order valence-corrected chi connectivity index (χ3v) is 2.42. The number of aryl methyl sites for hydroxylation is 4. The number of hydrogen-bond acceptors (Lipinski definition) is 2. The van der Waals surface area contributed by atoms with Crippen molar-refractivity contribution >= 4 is 0 Å². The summed E-state index contributed by atoms with van der Waals surface area (Å²) in [6.45, 7) is 0. The zero-order chi connectivity index (χ0) is 11.0. The molecule has 2 rings (SSSR count). The molecule has 0 aliphatic rings. The summed E-state index contributed by atoms with van der Waals surface area (Å²) in [5, 5.41) is 8.48. The Hall–Kier alpha value is -1.72. The van der Waals surface area contributed by atoms with Crippen LogP contribution < -0.4 is 9.36 Å². The minimum Gasteiger partial charge on any atom is -0.140 e. The lowest BCUT2D eigenvalue weighted by Crippen LogP contribution is -2.29. The van der Waals surface area contributed by atoms with Crippen LogP contribution in [0, 0.1) is 0 Å². The first-order valence-corrected chi connectivity index (χ1v) is 4.84. The highest BCUT2D eigenvalue weighted by Gasteiger charge is 2.17. The second kappa shape index (κ2) is 3.45. The van der Waals surface area contributed by atoms with Crippen LogP contribution in [-0.4, -0.2) is 19.8 Å². The van der Waals surface area contributed by atoms with Gasteiger partial charge in [-0.1, -0.05) is 0 Å². The molecule has 0 radical (unpaired) electrons. The zero-order valence-electron chi connectivity index (χ0n) is 9.55. The van der Waals surface area contributed by atoms with Crippen LogP contribution in [0.1, 0.15) is 11.4 Å². The van der Waals surface area contributed by atoms with Gasteiger partial charge in [0.2, 0.25) is 0 Å². The second-order valence-electron chi connectivity index (χ2n) is 3.79. The fraction of sp³-hybridized carbons (Fsp3) is 0.556. The Kier molecular flexibility index (Phi) is 2.26. The SMILES string of the molecule is Cn1n[n+](C)cc1Cc1c[n+](C)nn1C. The normalized spacial score (nSPS) is 10.9. The maximum absolute atomic E-state index is 4.24. The van der Waals surface area contributed by atoms with E-state index in [0.717, 1.165) is 6.42 Å². The Balaban J connectivity index is 2.29. The molecule has 0 aromatic carbocycles. The van der Waals surface area contributed by atoms with Crippen molar-refractivity contribution in [2.24, 2.45) is 28.2 Å². The predicted molar refractivity (Wildman–Crippen MR) is 51.6 cm³/mol. The fourth-order valence-corrected chi connectivity index (χ4v) is 1.69. The van der Waals surface area contributed by atoms with E-state index < -0.39 is 0 Å². The minimum atomic E-state index is 0.842. The molecule has 0 fully saturated rings. The van der Waals surface area contributed by atoms with Gasteiger partial charge in [0, 0.05) is 0 Å². The molecule has 0 saturated carbocycles. The Morgan fingerprint density at radius 2 is 1.40 bits per heavy atom. The molecule has 0 unspecified atom stereocenters. The van der Waals surface area contributed by atoms with Gasteiger partial charge in [-0.15, -0.1) is 18.7 Å². The average Bonchev–Trinajstić information content (AvgIpc) is 2.58. The second-order valence-corrected chi connectivity index (χ2v) is 3.79. The van der Waals surface area contributed by atoms with Crippen molar-refractivity contribution in [2.45, 2.75) is 6.42 Å². The molecule has 0 atom stereocenters. The van der Waals surface area contributed by atoms with Crippen molar-refractivity contribution in [3.05, 3.63) is 23.8 Å². The fourth-order valence-electron chi connectivity index (χ4n) is 1.69. The van der Waals surface area contributed by atoms with Gasteiger partial charge in [0.1, 0.15) is 28.2 Å². The van der Waals surface area contributed by atoms with Gasteiger partial charge in [0.25, 0.3) is 0 Å². The molecule has 2 heterocycles. The smallest absolute Gasteiger partial charge is 0.140 e. The Bertz CT molecular complexity index is 437. The zero-order valence-corrected chi connectivity index (χ0v) is 9.55. The lowest BCUT2D eigenvalue weighted by atomic mass is 10.2. The van der Waals surface area contributed by atoms with Gasteiger partial charge < -0.3 is 0 Å². The quantitative estimate of drug-likeness (QED) is 0.558. The number of nitrogens with zero attached hydrogens (tertiary/aromatic N) is 6. The lowest BCUT2D eigenvalue weighted by Gasteiger charge is -1.89. The Morgan fingerprint density at radius 1 is 1.00 bits per heavy atom. The molecule has 0 amide bonds. The van der Waals surface area contributed by atoms with Crippen molar-refractivity contribution in [1.82, 2.24) is 19.8 Å². The molecule has 2 aromatic rings. The van der Waals surface area contributed by atoms with Gasteiger partial charge in [0.15, 0.2) is 23.8 Å². The molecule has 0 N–H and O–H groups in total. The maximum Gasteiger partial charge on any atom is 0.175 e. The summed E-state index contributed by atoms with van der Waals surface area (Å²) >= 11 is 0. The van der Waals surface area contributed by atoms with Crippen molar-refractivity contribution in [3.8, 4) is 0 Å². The standard InChI is InChI=1S/C9H16N6/c1-12-6-8(14(3)10-12)5-9-7-13(2)11-15(9)4/h6-7H,5H2,1-4H3/q+2. The first-order valence-electron chi connectivity index (χ1n) is 4.84. The van der Waals surface area contributed by atoms with Crippen LogP contribution >= 0.6 is 0 Å². The van der Waals surface area contributed by atoms with Crippen LogP contribution in [0.4, 0.5) is 0 Å². The van der Waals surface area contributed by atoms with Crippen molar-refractivity contribution in [3.63, 3.8) is 0 Å². The summed E-state index contributed by atoms with van der Waals surface area (Å²) in [5.41, 5.74) is 2.34. The highest BCUT2D eigenvalue weighted by Crippen LogP contribution is 2.02. The first kappa shape index (κ1) is 9.82. The van der Waals surface area contributed by atoms with Gasteiger partial charge in [-0.2, -0.15) is 0 Å². The van der Waals surface area contributed by atoms with Gasteiger partial charge in [-0.25, -0.2) is 0 Å². The molecule has 2 aromatic heterocycles. The van der Waals surface area contributed by atoms with E-state index in [0.29, 0.717) is 0 Å². The molecule has 0 saturated heterocycles. The molecule has 0 spiro atoms. The Labute approximate surface area is 88.3 Å². The van der Waals surface area contributed by atoms with Gasteiger partial charge >= 0.3 is 0 Å². The van der Waals surface area contributed by atoms with Crippen LogP contribution in [0.2, 0.25) is 0 Å². The van der Waals surface area contributed by atoms with Crippen LogP contribution in [-0.2, 0) is 34.6 Å². The van der Waals surface area contributed by atoms with Crippen LogP contribution in [0.25, 0.3) is 0 Å². The molecular formula is C9H16N6+2. The third-order valence-electron chi connectivity index (χ3n) is 2.42. The summed E-state index contributed by atoms with van der Waals surface area (Å²) in [7, 11) is 7.75. The van der Waals surface area contributed by atoms with Crippen LogP contribution in [0.3, 0.4) is 0 Å². The van der Waals surface area contributed by atoms with Gasteiger partial charge in [-0.3, -0.25) is 0 Å². The van der Waals surface area contributed by atoms with Crippen molar-refractivity contribution in [2.75, 3.05) is 0 Å². The van der Waals surface area contributed by atoms with Crippen molar-refractivity contribution in [1.29, 1.82) is 0 Å². The summed E-state index contributed by atoms with van der Waals surface area (Å²) in [5.74, 6) is 0. The maximum atomic E-state index is 4.24. The van der Waals surface area contributed by atoms with E-state index >= 15 is 0 Å². The molecule has 6 heteroatoms. The average molecular weight is 208 g/mol.